The van der Waals surface area contributed by atoms with Gasteiger partial charge < -0.3 is 10.6 Å². The van der Waals surface area contributed by atoms with Crippen molar-refractivity contribution in [1.82, 2.24) is 10.2 Å². The molecule has 2 amide bonds. The van der Waals surface area contributed by atoms with Crippen LogP contribution in [0.15, 0.2) is 58.7 Å². The number of thiocarbonyl (C=S) groups is 1. The van der Waals surface area contributed by atoms with E-state index in [1.807, 2.05) is 42.5 Å². The topological polar surface area (TPSA) is 61.4 Å². The summed E-state index contributed by atoms with van der Waals surface area (Å²) in [5.41, 5.74) is 3.06. The summed E-state index contributed by atoms with van der Waals surface area (Å²) in [6.45, 7) is 0.457. The van der Waals surface area contributed by atoms with E-state index >= 15 is 0 Å². The van der Waals surface area contributed by atoms with Crippen molar-refractivity contribution in [2.24, 2.45) is 0 Å². The summed E-state index contributed by atoms with van der Waals surface area (Å²) in [5.74, 6) is -0.578. The first kappa shape index (κ1) is 16.9. The highest BCUT2D eigenvalue weighted by Crippen LogP contribution is 2.36. The number of amides is 2. The van der Waals surface area contributed by atoms with E-state index in [1.165, 1.54) is 4.90 Å². The van der Waals surface area contributed by atoms with Crippen molar-refractivity contribution in [1.29, 1.82) is 0 Å². The van der Waals surface area contributed by atoms with Gasteiger partial charge in [-0.15, -0.1) is 0 Å². The van der Waals surface area contributed by atoms with Gasteiger partial charge in [-0.25, -0.2) is 0 Å². The van der Waals surface area contributed by atoms with Gasteiger partial charge in [0.15, 0.2) is 5.11 Å². The molecule has 4 rings (SSSR count). The van der Waals surface area contributed by atoms with Crippen LogP contribution in [0, 0.1) is 0 Å². The fourth-order valence-corrected chi connectivity index (χ4v) is 3.74. The molecule has 2 heterocycles. The molecule has 1 fully saturated rings. The van der Waals surface area contributed by atoms with Crippen LogP contribution >= 0.6 is 28.1 Å². The largest absolute Gasteiger partial charge is 0.327 e. The number of hydrogen-bond acceptors (Lipinski definition) is 3. The quantitative estimate of drug-likeness (QED) is 0.583. The number of carbonyl (C=O) groups excluding carboxylic acids is 2. The lowest BCUT2D eigenvalue weighted by atomic mass is 10.0. The van der Waals surface area contributed by atoms with E-state index in [0.717, 1.165) is 10.0 Å². The molecular weight excluding hydrogens is 414 g/mol. The Morgan fingerprint density at radius 3 is 2.58 bits per heavy atom. The van der Waals surface area contributed by atoms with Gasteiger partial charge in [0, 0.05) is 22.3 Å². The Labute approximate surface area is 164 Å². The molecule has 0 aliphatic carbocycles. The average molecular weight is 428 g/mol. The van der Waals surface area contributed by atoms with Gasteiger partial charge >= 0.3 is 0 Å². The molecule has 2 N–H and O–H groups in total. The van der Waals surface area contributed by atoms with Crippen LogP contribution in [-0.2, 0) is 16.0 Å². The Balaban J connectivity index is 1.64. The van der Waals surface area contributed by atoms with Crippen molar-refractivity contribution < 1.29 is 9.59 Å². The van der Waals surface area contributed by atoms with Crippen molar-refractivity contribution in [3.8, 4) is 0 Å². The smallest absolute Gasteiger partial charge is 0.277 e. The molecule has 0 saturated carbocycles. The summed E-state index contributed by atoms with van der Waals surface area (Å²) in [7, 11) is 0. The number of hydrogen-bond donors (Lipinski definition) is 2. The summed E-state index contributed by atoms with van der Waals surface area (Å²) < 4.78 is 0.833. The first-order valence-corrected chi connectivity index (χ1v) is 9.27. The van der Waals surface area contributed by atoms with Gasteiger partial charge in [-0.3, -0.25) is 14.5 Å². The van der Waals surface area contributed by atoms with Gasteiger partial charge in [-0.05, 0) is 42.4 Å². The maximum atomic E-state index is 12.9. The van der Waals surface area contributed by atoms with E-state index in [2.05, 4.69) is 26.6 Å². The molecule has 0 bridgehead atoms. The van der Waals surface area contributed by atoms with Crippen LogP contribution in [-0.4, -0.2) is 28.4 Å². The van der Waals surface area contributed by atoms with Crippen molar-refractivity contribution >= 4 is 56.3 Å². The summed E-state index contributed by atoms with van der Waals surface area (Å²) in [6.07, 6.45) is 0.686. The molecule has 2 aromatic rings. The van der Waals surface area contributed by atoms with Crippen molar-refractivity contribution in [2.45, 2.75) is 6.42 Å². The van der Waals surface area contributed by atoms with Gasteiger partial charge in [0.25, 0.3) is 11.8 Å². The minimum atomic E-state index is -0.304. The molecule has 0 radical (unpaired) electrons. The highest BCUT2D eigenvalue weighted by Gasteiger charge is 2.38. The molecule has 130 valence electrons. The lowest BCUT2D eigenvalue weighted by Gasteiger charge is -2.13. The van der Waals surface area contributed by atoms with E-state index in [0.29, 0.717) is 34.9 Å². The second-order valence-electron chi connectivity index (χ2n) is 6.02. The Bertz CT molecular complexity index is 972. The van der Waals surface area contributed by atoms with E-state index < -0.39 is 0 Å². The lowest BCUT2D eigenvalue weighted by molar-refractivity contribution is -0.122. The molecule has 1 saturated heterocycles. The molecule has 0 unspecified atom stereocenters. The summed E-state index contributed by atoms with van der Waals surface area (Å²) in [4.78, 5) is 26.8. The number of benzene rings is 2. The summed E-state index contributed by atoms with van der Waals surface area (Å²) in [5, 5.41) is 6.05. The van der Waals surface area contributed by atoms with E-state index in [-0.39, 0.29) is 17.5 Å². The number of rotatable bonds is 3. The fourth-order valence-electron chi connectivity index (χ4n) is 3.10. The zero-order valence-electron chi connectivity index (χ0n) is 13.6. The Morgan fingerprint density at radius 2 is 1.81 bits per heavy atom. The number of anilines is 1. The van der Waals surface area contributed by atoms with Gasteiger partial charge in [0.05, 0.1) is 5.57 Å². The molecular formula is C19H14BrN3O2S. The van der Waals surface area contributed by atoms with Crippen molar-refractivity contribution in [3.05, 3.63) is 69.8 Å². The predicted molar refractivity (Wildman–Crippen MR) is 107 cm³/mol. The Kier molecular flexibility index (Phi) is 4.34. The van der Waals surface area contributed by atoms with Crippen LogP contribution in [0.25, 0.3) is 5.57 Å². The van der Waals surface area contributed by atoms with Crippen LogP contribution in [0.2, 0.25) is 0 Å². The molecule has 2 aliphatic rings. The van der Waals surface area contributed by atoms with Crippen LogP contribution in [0.4, 0.5) is 5.69 Å². The fraction of sp³-hybridized carbons (Fsp3) is 0.105. The van der Waals surface area contributed by atoms with Crippen LogP contribution < -0.4 is 10.6 Å². The highest BCUT2D eigenvalue weighted by molar-refractivity contribution is 9.10. The second-order valence-corrected chi connectivity index (χ2v) is 7.32. The van der Waals surface area contributed by atoms with Crippen molar-refractivity contribution in [2.75, 3.05) is 11.9 Å². The van der Waals surface area contributed by atoms with Gasteiger partial charge in [-0.1, -0.05) is 46.3 Å². The SMILES string of the molecule is O=C1Nc2ccc(Br)cc2/C1=C1/NC(=S)N(CCc2ccccc2)C1=O. The van der Waals surface area contributed by atoms with Gasteiger partial charge in [0.1, 0.15) is 5.70 Å². The molecule has 2 aliphatic heterocycles. The van der Waals surface area contributed by atoms with Gasteiger partial charge in [-0.2, -0.15) is 0 Å². The van der Waals surface area contributed by atoms with Crippen LogP contribution in [0.5, 0.6) is 0 Å². The standard InChI is InChI=1S/C19H14BrN3O2S/c20-12-6-7-14-13(10-12)15(17(24)21-14)16-18(25)23(19(26)22-16)9-8-11-4-2-1-3-5-11/h1-7,10H,8-9H2,(H,21,24)(H,22,26)/b16-15-. The van der Waals surface area contributed by atoms with Gasteiger partial charge in [0.2, 0.25) is 0 Å². The number of halogens is 1. The first-order chi connectivity index (χ1) is 12.5. The molecule has 5 nitrogen and oxygen atoms in total. The zero-order chi connectivity index (χ0) is 18.3. The second kappa shape index (κ2) is 6.66. The average Bonchev–Trinajstić information content (AvgIpc) is 3.09. The highest BCUT2D eigenvalue weighted by atomic mass is 79.9. The molecule has 0 aromatic heterocycles. The number of fused-ring (bicyclic) bond motifs is 1. The number of nitrogens with one attached hydrogen (secondary N) is 2. The molecule has 2 aromatic carbocycles. The van der Waals surface area contributed by atoms with Crippen LogP contribution in [0.3, 0.4) is 0 Å². The molecule has 0 spiro atoms. The zero-order valence-corrected chi connectivity index (χ0v) is 16.0. The third kappa shape index (κ3) is 2.93. The Hall–Kier alpha value is -2.51. The third-order valence-corrected chi connectivity index (χ3v) is 5.19. The number of carbonyl (C=O) groups is 2. The monoisotopic (exact) mass is 427 g/mol. The van der Waals surface area contributed by atoms with Crippen LogP contribution in [0.1, 0.15) is 11.1 Å². The van der Waals surface area contributed by atoms with E-state index in [1.54, 1.807) is 6.07 Å². The maximum Gasteiger partial charge on any atom is 0.277 e. The summed E-state index contributed by atoms with van der Waals surface area (Å²) in [6, 6.07) is 15.4. The van der Waals surface area contributed by atoms with E-state index in [9.17, 15) is 9.59 Å². The molecule has 0 atom stereocenters. The molecule has 26 heavy (non-hydrogen) atoms. The maximum absolute atomic E-state index is 12.9. The third-order valence-electron chi connectivity index (χ3n) is 4.38. The summed E-state index contributed by atoms with van der Waals surface area (Å²) >= 11 is 8.73. The minimum Gasteiger partial charge on any atom is -0.327 e. The lowest BCUT2D eigenvalue weighted by Crippen LogP contribution is -2.32. The van der Waals surface area contributed by atoms with Crippen molar-refractivity contribution in [3.63, 3.8) is 0 Å². The normalized spacial score (nSPS) is 18.8. The molecule has 7 heteroatoms. The predicted octanol–water partition coefficient (Wildman–Crippen LogP) is 3.07. The first-order valence-electron chi connectivity index (χ1n) is 8.07. The van der Waals surface area contributed by atoms with E-state index in [4.69, 9.17) is 12.2 Å². The number of nitrogens with zero attached hydrogens (tertiary/aromatic N) is 1. The Morgan fingerprint density at radius 1 is 1.04 bits per heavy atom. The minimum absolute atomic E-state index is 0.234.